The number of nitrogens with zero attached hydrogens (tertiary/aromatic N) is 2. The van der Waals surface area contributed by atoms with E-state index >= 15 is 0 Å². The van der Waals surface area contributed by atoms with Crippen molar-refractivity contribution in [2.45, 2.75) is 5.75 Å². The summed E-state index contributed by atoms with van der Waals surface area (Å²) >= 11 is 3.50. The average molecular weight is 367 g/mol. The minimum Gasteiger partial charge on any atom is -0.468 e. The van der Waals surface area contributed by atoms with Crippen molar-refractivity contribution in [2.24, 2.45) is 0 Å². The van der Waals surface area contributed by atoms with Crippen LogP contribution in [0.5, 0.6) is 0 Å². The quantitative estimate of drug-likeness (QED) is 0.449. The molecule has 6 heteroatoms. The first-order chi connectivity index (χ1) is 12.4. The maximum atomic E-state index is 5.35. The topological polar surface area (TPSA) is 51.0 Å². The van der Waals surface area contributed by atoms with Gasteiger partial charge in [-0.25, -0.2) is 9.97 Å². The summed E-state index contributed by atoms with van der Waals surface area (Å²) in [6, 6.07) is 16.1. The molecule has 0 saturated carbocycles. The summed E-state index contributed by atoms with van der Waals surface area (Å²) in [5.74, 6) is 4.55. The van der Waals surface area contributed by atoms with Crippen LogP contribution >= 0.6 is 23.1 Å². The van der Waals surface area contributed by atoms with Crippen molar-refractivity contribution in [1.82, 2.24) is 9.97 Å². The Morgan fingerprint density at radius 2 is 2.00 bits per heavy atom. The summed E-state index contributed by atoms with van der Waals surface area (Å²) in [5.41, 5.74) is 0.964. The Hall–Kier alpha value is -2.31. The molecule has 4 aromatic rings. The zero-order valence-electron chi connectivity index (χ0n) is 13.5. The molecule has 126 valence electrons. The lowest BCUT2D eigenvalue weighted by atomic mass is 10.2. The van der Waals surface area contributed by atoms with E-state index < -0.39 is 0 Å². The summed E-state index contributed by atoms with van der Waals surface area (Å²) < 4.78 is 5.35. The Morgan fingerprint density at radius 3 is 2.84 bits per heavy atom. The molecule has 0 amide bonds. The zero-order valence-corrected chi connectivity index (χ0v) is 15.1. The van der Waals surface area contributed by atoms with Crippen LogP contribution in [0.25, 0.3) is 21.6 Å². The number of rotatable bonds is 7. The molecule has 0 aliphatic carbocycles. The van der Waals surface area contributed by atoms with Crippen molar-refractivity contribution in [3.63, 3.8) is 0 Å². The van der Waals surface area contributed by atoms with Crippen LogP contribution in [0.15, 0.2) is 64.6 Å². The van der Waals surface area contributed by atoms with E-state index in [-0.39, 0.29) is 0 Å². The maximum absolute atomic E-state index is 5.35. The standard InChI is InChI=1S/C19H17N3OS2/c1-2-7-16-15(6-1)18(22-19(21-16)17-8-4-11-25-17)20-9-12-24-13-14-5-3-10-23-14/h1-8,10-11H,9,12-13H2,(H,20,21,22). The van der Waals surface area contributed by atoms with Gasteiger partial charge in [0.05, 0.1) is 22.4 Å². The van der Waals surface area contributed by atoms with Gasteiger partial charge in [-0.2, -0.15) is 11.8 Å². The van der Waals surface area contributed by atoms with Gasteiger partial charge in [-0.3, -0.25) is 0 Å². The van der Waals surface area contributed by atoms with Gasteiger partial charge < -0.3 is 9.73 Å². The number of furan rings is 1. The molecule has 4 nitrogen and oxygen atoms in total. The van der Waals surface area contributed by atoms with E-state index in [1.165, 1.54) is 0 Å². The predicted octanol–water partition coefficient (Wildman–Crippen LogP) is 5.30. The zero-order chi connectivity index (χ0) is 16.9. The van der Waals surface area contributed by atoms with E-state index in [1.54, 1.807) is 17.6 Å². The van der Waals surface area contributed by atoms with E-state index in [9.17, 15) is 0 Å². The third kappa shape index (κ3) is 3.86. The fraction of sp³-hybridized carbons (Fsp3) is 0.158. The van der Waals surface area contributed by atoms with Crippen molar-refractivity contribution in [2.75, 3.05) is 17.6 Å². The summed E-state index contributed by atoms with van der Waals surface area (Å²) in [4.78, 5) is 10.5. The molecule has 3 heterocycles. The van der Waals surface area contributed by atoms with Crippen molar-refractivity contribution < 1.29 is 4.42 Å². The summed E-state index contributed by atoms with van der Waals surface area (Å²) in [6.45, 7) is 0.844. The number of thioether (sulfide) groups is 1. The Balaban J connectivity index is 1.47. The number of hydrogen-bond acceptors (Lipinski definition) is 6. The highest BCUT2D eigenvalue weighted by Crippen LogP contribution is 2.27. The molecule has 4 rings (SSSR count). The van der Waals surface area contributed by atoms with Gasteiger partial charge in [-0.05, 0) is 35.7 Å². The van der Waals surface area contributed by atoms with Crippen LogP contribution < -0.4 is 5.32 Å². The van der Waals surface area contributed by atoms with Gasteiger partial charge in [0.2, 0.25) is 0 Å². The van der Waals surface area contributed by atoms with Crippen LogP contribution in [0.1, 0.15) is 5.76 Å². The lowest BCUT2D eigenvalue weighted by molar-refractivity contribution is 0.530. The van der Waals surface area contributed by atoms with E-state index in [4.69, 9.17) is 14.4 Å². The van der Waals surface area contributed by atoms with Gasteiger partial charge >= 0.3 is 0 Å². The smallest absolute Gasteiger partial charge is 0.172 e. The van der Waals surface area contributed by atoms with Crippen LogP contribution in [0.4, 0.5) is 5.82 Å². The lowest BCUT2D eigenvalue weighted by Crippen LogP contribution is -2.07. The van der Waals surface area contributed by atoms with E-state index in [0.29, 0.717) is 0 Å². The second-order valence-electron chi connectivity index (χ2n) is 5.45. The Morgan fingerprint density at radius 1 is 1.04 bits per heavy atom. The van der Waals surface area contributed by atoms with Crippen molar-refractivity contribution in [3.05, 3.63) is 65.9 Å². The van der Waals surface area contributed by atoms with Gasteiger partial charge in [0.1, 0.15) is 11.6 Å². The van der Waals surface area contributed by atoms with Gasteiger partial charge in [-0.15, -0.1) is 11.3 Å². The molecule has 0 saturated heterocycles. The van der Waals surface area contributed by atoms with Gasteiger partial charge in [-0.1, -0.05) is 18.2 Å². The molecule has 0 bridgehead atoms. The first kappa shape index (κ1) is 16.2. The van der Waals surface area contributed by atoms with Gasteiger partial charge in [0.15, 0.2) is 5.82 Å². The number of benzene rings is 1. The minimum absolute atomic E-state index is 0.777. The second kappa shape index (κ2) is 7.72. The molecule has 0 aliphatic rings. The molecular weight excluding hydrogens is 350 g/mol. The van der Waals surface area contributed by atoms with Gasteiger partial charge in [0, 0.05) is 17.7 Å². The number of anilines is 1. The molecule has 3 aromatic heterocycles. The first-order valence-electron chi connectivity index (χ1n) is 8.05. The highest BCUT2D eigenvalue weighted by Gasteiger charge is 2.09. The Bertz CT molecular complexity index is 937. The first-order valence-corrected chi connectivity index (χ1v) is 10.1. The minimum atomic E-state index is 0.777. The second-order valence-corrected chi connectivity index (χ2v) is 7.50. The SMILES string of the molecule is c1coc(CSCCNc2nc(-c3cccs3)nc3ccccc23)c1. The number of fused-ring (bicyclic) bond motifs is 1. The molecule has 0 unspecified atom stereocenters. The molecule has 0 aliphatic heterocycles. The van der Waals surface area contributed by atoms with Crippen molar-refractivity contribution in [3.8, 4) is 10.7 Å². The number of hydrogen-bond donors (Lipinski definition) is 1. The third-order valence-corrected chi connectivity index (χ3v) is 5.56. The van der Waals surface area contributed by atoms with Crippen molar-refractivity contribution >= 4 is 39.8 Å². The molecule has 1 N–H and O–H groups in total. The Kier molecular flexibility index (Phi) is 4.99. The Labute approximate surface area is 154 Å². The highest BCUT2D eigenvalue weighted by molar-refractivity contribution is 7.98. The summed E-state index contributed by atoms with van der Waals surface area (Å²) in [7, 11) is 0. The average Bonchev–Trinajstić information content (AvgIpc) is 3.35. The van der Waals surface area contributed by atoms with Crippen LogP contribution in [-0.2, 0) is 5.75 Å². The predicted molar refractivity (Wildman–Crippen MR) is 106 cm³/mol. The van der Waals surface area contributed by atoms with Crippen LogP contribution in [0.3, 0.4) is 0 Å². The molecule has 0 atom stereocenters. The molecule has 0 radical (unpaired) electrons. The van der Waals surface area contributed by atoms with Crippen LogP contribution in [-0.4, -0.2) is 22.3 Å². The van der Waals surface area contributed by atoms with Crippen LogP contribution in [0, 0.1) is 0 Å². The van der Waals surface area contributed by atoms with Crippen LogP contribution in [0.2, 0.25) is 0 Å². The van der Waals surface area contributed by atoms with Gasteiger partial charge in [0.25, 0.3) is 0 Å². The number of thiophene rings is 1. The largest absolute Gasteiger partial charge is 0.468 e. The van der Waals surface area contributed by atoms with E-state index in [2.05, 4.69) is 17.4 Å². The fourth-order valence-electron chi connectivity index (χ4n) is 2.54. The molecule has 0 fully saturated rings. The highest BCUT2D eigenvalue weighted by atomic mass is 32.2. The fourth-order valence-corrected chi connectivity index (χ4v) is 3.95. The lowest BCUT2D eigenvalue weighted by Gasteiger charge is -2.10. The summed E-state index contributed by atoms with van der Waals surface area (Å²) in [6.07, 6.45) is 1.72. The molecular formula is C19H17N3OS2. The number of nitrogens with one attached hydrogen (secondary N) is 1. The molecule has 0 spiro atoms. The van der Waals surface area contributed by atoms with E-state index in [0.717, 1.165) is 51.2 Å². The normalized spacial score (nSPS) is 11.0. The number of para-hydroxylation sites is 1. The third-order valence-electron chi connectivity index (χ3n) is 3.71. The van der Waals surface area contributed by atoms with Crippen molar-refractivity contribution in [1.29, 1.82) is 0 Å². The summed E-state index contributed by atoms with van der Waals surface area (Å²) in [5, 5.41) is 6.57. The molecule has 1 aromatic carbocycles. The monoisotopic (exact) mass is 367 g/mol. The number of aromatic nitrogens is 2. The van der Waals surface area contributed by atoms with E-state index in [1.807, 2.05) is 53.5 Å². The molecule has 25 heavy (non-hydrogen) atoms. The maximum Gasteiger partial charge on any atom is 0.172 e.